The number of allylic oxidation sites excluding steroid dienone is 2. The zero-order valence-electron chi connectivity index (χ0n) is 24.3. The van der Waals surface area contributed by atoms with Gasteiger partial charge in [0.2, 0.25) is 11.6 Å². The predicted molar refractivity (Wildman–Crippen MR) is 180 cm³/mol. The molecule has 0 unspecified atom stereocenters. The third-order valence-corrected chi connectivity index (χ3v) is 8.82. The van der Waals surface area contributed by atoms with Crippen molar-refractivity contribution in [3.8, 4) is 0 Å². The summed E-state index contributed by atoms with van der Waals surface area (Å²) in [4.78, 5) is 32.5. The fraction of sp³-hybridized carbons (Fsp3) is 0. The van der Waals surface area contributed by atoms with Crippen molar-refractivity contribution in [2.24, 2.45) is 10.2 Å². The van der Waals surface area contributed by atoms with E-state index in [9.17, 15) is 35.5 Å². The SMILES string of the molecule is O=C1/C(=N\Nc2ccc(/C=C/c3ccc(N/N=C4\C=C(S(=O)(=O)O)c5cccnc5C4=O)cc3)cc2)C=C(S(=O)(=O)O)c2cccnc21. The number of benzene rings is 2. The number of anilines is 2. The topological polar surface area (TPSA) is 217 Å². The van der Waals surface area contributed by atoms with E-state index in [0.717, 1.165) is 23.3 Å². The van der Waals surface area contributed by atoms with Crippen molar-refractivity contribution < 1.29 is 35.5 Å². The Morgan fingerprint density at radius 3 is 1.31 bits per heavy atom. The predicted octanol–water partition coefficient (Wildman–Crippen LogP) is 4.43. The lowest BCUT2D eigenvalue weighted by Gasteiger charge is -2.15. The van der Waals surface area contributed by atoms with Crippen LogP contribution in [0, 0.1) is 0 Å². The number of Topliss-reactive ketones (excluding diaryl/α,β-unsaturated/α-hetero) is 2. The lowest BCUT2D eigenvalue weighted by atomic mass is 10.00. The van der Waals surface area contributed by atoms with E-state index in [2.05, 4.69) is 31.0 Å². The number of aromatic nitrogens is 2. The molecular weight excluding hydrogens is 661 g/mol. The summed E-state index contributed by atoms with van der Waals surface area (Å²) < 4.78 is 66.8. The minimum Gasteiger partial charge on any atom is -0.285 e. The molecule has 2 aromatic carbocycles. The summed E-state index contributed by atoms with van der Waals surface area (Å²) in [6, 6.07) is 19.6. The van der Waals surface area contributed by atoms with Crippen LogP contribution in [0.4, 0.5) is 11.4 Å². The lowest BCUT2D eigenvalue weighted by Crippen LogP contribution is -2.23. The summed E-state index contributed by atoms with van der Waals surface area (Å²) in [5.74, 6) is -1.21. The number of fused-ring (bicyclic) bond motifs is 2. The Morgan fingerprint density at radius 1 is 0.583 bits per heavy atom. The van der Waals surface area contributed by atoms with E-state index in [4.69, 9.17) is 0 Å². The average Bonchev–Trinajstić information content (AvgIpc) is 3.07. The van der Waals surface area contributed by atoms with Crippen LogP contribution in [0.3, 0.4) is 0 Å². The second kappa shape index (κ2) is 12.7. The molecule has 0 aliphatic heterocycles. The molecule has 4 aromatic rings. The monoisotopic (exact) mass is 682 g/mol. The second-order valence-electron chi connectivity index (χ2n) is 10.2. The van der Waals surface area contributed by atoms with Crippen LogP contribution in [0.1, 0.15) is 43.2 Å². The molecule has 2 aliphatic carbocycles. The first-order valence-electron chi connectivity index (χ1n) is 13.8. The normalized spacial score (nSPS) is 16.4. The summed E-state index contributed by atoms with van der Waals surface area (Å²) in [6.45, 7) is 0. The Bertz CT molecular complexity index is 2200. The quantitative estimate of drug-likeness (QED) is 0.115. The Morgan fingerprint density at radius 2 is 0.958 bits per heavy atom. The first-order chi connectivity index (χ1) is 22.9. The highest BCUT2D eigenvalue weighted by molar-refractivity contribution is 7.95. The van der Waals surface area contributed by atoms with Gasteiger partial charge < -0.3 is 0 Å². The number of nitrogens with zero attached hydrogens (tertiary/aromatic N) is 4. The van der Waals surface area contributed by atoms with E-state index in [0.29, 0.717) is 11.4 Å². The van der Waals surface area contributed by atoms with Crippen molar-refractivity contribution in [2.45, 2.75) is 0 Å². The Balaban J connectivity index is 1.11. The van der Waals surface area contributed by atoms with Gasteiger partial charge in [-0.3, -0.25) is 39.5 Å². The summed E-state index contributed by atoms with van der Waals surface area (Å²) in [5.41, 5.74) is 7.33. The van der Waals surface area contributed by atoms with Crippen molar-refractivity contribution in [1.29, 1.82) is 0 Å². The van der Waals surface area contributed by atoms with Crippen LogP contribution < -0.4 is 10.9 Å². The molecule has 4 N–H and O–H groups in total. The minimum absolute atomic E-state index is 0.00511. The van der Waals surface area contributed by atoms with Crippen molar-refractivity contribution in [3.63, 3.8) is 0 Å². The molecule has 0 spiro atoms. The molecule has 0 bridgehead atoms. The molecule has 14 nitrogen and oxygen atoms in total. The van der Waals surface area contributed by atoms with Gasteiger partial charge in [0.1, 0.15) is 32.6 Å². The van der Waals surface area contributed by atoms with Crippen LogP contribution in [0.5, 0.6) is 0 Å². The number of hydrazone groups is 2. The second-order valence-corrected chi connectivity index (χ2v) is 13.0. The van der Waals surface area contributed by atoms with E-state index in [1.165, 1.54) is 36.7 Å². The Labute approximate surface area is 273 Å². The number of hydrogen-bond acceptors (Lipinski definition) is 12. The lowest BCUT2D eigenvalue weighted by molar-refractivity contribution is 0.105. The van der Waals surface area contributed by atoms with Crippen LogP contribution in [0.2, 0.25) is 0 Å². The van der Waals surface area contributed by atoms with E-state index < -0.39 is 41.6 Å². The van der Waals surface area contributed by atoms with Crippen LogP contribution >= 0.6 is 0 Å². The average molecular weight is 683 g/mol. The molecule has 2 aromatic heterocycles. The van der Waals surface area contributed by atoms with Gasteiger partial charge in [0, 0.05) is 23.5 Å². The number of carbonyl (C=O) groups is 2. The molecule has 16 heteroatoms. The summed E-state index contributed by atoms with van der Waals surface area (Å²) in [6.07, 6.45) is 8.35. The maximum Gasteiger partial charge on any atom is 0.295 e. The van der Waals surface area contributed by atoms with Crippen molar-refractivity contribution >= 4 is 76.6 Å². The molecule has 240 valence electrons. The molecule has 0 atom stereocenters. The van der Waals surface area contributed by atoms with Gasteiger partial charge in [-0.25, -0.2) is 0 Å². The van der Waals surface area contributed by atoms with Crippen molar-refractivity contribution in [3.05, 3.63) is 131 Å². The molecule has 0 radical (unpaired) electrons. The number of pyridine rings is 2. The first kappa shape index (κ1) is 32.0. The molecule has 0 saturated heterocycles. The highest BCUT2D eigenvalue weighted by Crippen LogP contribution is 2.29. The van der Waals surface area contributed by atoms with E-state index in [-0.39, 0.29) is 33.9 Å². The molecule has 0 fully saturated rings. The Hall–Kier alpha value is -5.94. The number of ketones is 2. The molecule has 2 heterocycles. The van der Waals surface area contributed by atoms with Crippen LogP contribution in [-0.2, 0) is 20.2 Å². The van der Waals surface area contributed by atoms with Gasteiger partial charge >= 0.3 is 0 Å². The number of nitrogens with one attached hydrogen (secondary N) is 2. The van der Waals surface area contributed by atoms with Crippen LogP contribution in [0.15, 0.2) is 108 Å². The maximum atomic E-state index is 12.8. The standard InChI is InChI=1S/C32H22N6O8S2/c39-31-25(17-27(47(41,42)43)23-3-1-15-33-29(23)31)37-35-21-11-7-19(8-12-21)5-6-20-9-13-22(14-10-20)36-38-26-18-28(48(44,45)46)24-4-2-16-34-30(24)32(26)40/h1-18,35-36H,(H,41,42,43)(H,44,45,46)/b6-5+,37-25-,38-26+. The molecule has 2 aliphatic rings. The summed E-state index contributed by atoms with van der Waals surface area (Å²) in [7, 11) is -9.28. The highest BCUT2D eigenvalue weighted by Gasteiger charge is 2.32. The molecule has 0 amide bonds. The van der Waals surface area contributed by atoms with Crippen LogP contribution in [0.25, 0.3) is 22.0 Å². The third kappa shape index (κ3) is 6.76. The van der Waals surface area contributed by atoms with Crippen LogP contribution in [-0.4, -0.2) is 58.9 Å². The zero-order chi connectivity index (χ0) is 34.1. The fourth-order valence-corrected chi connectivity index (χ4v) is 6.13. The summed E-state index contributed by atoms with van der Waals surface area (Å²) >= 11 is 0. The highest BCUT2D eigenvalue weighted by atomic mass is 32.2. The van der Waals surface area contributed by atoms with E-state index >= 15 is 0 Å². The zero-order valence-corrected chi connectivity index (χ0v) is 26.0. The number of rotatable bonds is 8. The largest absolute Gasteiger partial charge is 0.295 e. The number of carbonyl (C=O) groups excluding carboxylic acids is 2. The van der Waals surface area contributed by atoms with Gasteiger partial charge in [-0.2, -0.15) is 27.0 Å². The van der Waals surface area contributed by atoms with Gasteiger partial charge in [0.25, 0.3) is 20.2 Å². The first-order valence-corrected chi connectivity index (χ1v) is 16.7. The van der Waals surface area contributed by atoms with Crippen molar-refractivity contribution in [1.82, 2.24) is 9.97 Å². The Kier molecular flexibility index (Phi) is 8.46. The van der Waals surface area contributed by atoms with Gasteiger partial charge in [0.15, 0.2) is 0 Å². The van der Waals surface area contributed by atoms with E-state index in [1.807, 2.05) is 12.2 Å². The third-order valence-electron chi connectivity index (χ3n) is 7.03. The van der Waals surface area contributed by atoms with Gasteiger partial charge in [-0.05, 0) is 71.8 Å². The molecular formula is C32H22N6O8S2. The minimum atomic E-state index is -4.64. The van der Waals surface area contributed by atoms with Crippen molar-refractivity contribution in [2.75, 3.05) is 10.9 Å². The molecule has 0 saturated carbocycles. The van der Waals surface area contributed by atoms with Gasteiger partial charge in [0.05, 0.1) is 11.4 Å². The summed E-state index contributed by atoms with van der Waals surface area (Å²) in [5, 5.41) is 8.06. The van der Waals surface area contributed by atoms with Gasteiger partial charge in [-0.15, -0.1) is 0 Å². The smallest absolute Gasteiger partial charge is 0.285 e. The van der Waals surface area contributed by atoms with E-state index in [1.54, 1.807) is 48.5 Å². The number of hydrogen-bond donors (Lipinski definition) is 4. The maximum absolute atomic E-state index is 12.8. The molecule has 6 rings (SSSR count). The fourth-order valence-electron chi connectivity index (χ4n) is 4.72. The molecule has 48 heavy (non-hydrogen) atoms. The van der Waals surface area contributed by atoms with Gasteiger partial charge in [-0.1, -0.05) is 36.4 Å².